The number of aromatic nitrogens is 2. The summed E-state index contributed by atoms with van der Waals surface area (Å²) in [4.78, 5) is 34.0. The summed E-state index contributed by atoms with van der Waals surface area (Å²) < 4.78 is 32.8. The van der Waals surface area contributed by atoms with Gasteiger partial charge >= 0.3 is 12.0 Å². The van der Waals surface area contributed by atoms with E-state index in [1.165, 1.54) is 24.4 Å². The molecule has 2 amide bonds. The Labute approximate surface area is 167 Å². The highest BCUT2D eigenvalue weighted by atomic mass is 19.1. The van der Waals surface area contributed by atoms with Crippen LogP contribution in [0.3, 0.4) is 0 Å². The van der Waals surface area contributed by atoms with Crippen molar-refractivity contribution >= 4 is 12.0 Å². The molecule has 2 N–H and O–H groups in total. The molecule has 156 valence electrons. The van der Waals surface area contributed by atoms with Crippen LogP contribution in [-0.2, 0) is 16.0 Å². The molecule has 0 aliphatic carbocycles. The van der Waals surface area contributed by atoms with E-state index in [0.717, 1.165) is 17.8 Å². The Morgan fingerprint density at radius 1 is 1.41 bits per heavy atom. The fourth-order valence-corrected chi connectivity index (χ4v) is 3.55. The number of methoxy groups -OCH3 is 1. The van der Waals surface area contributed by atoms with Crippen LogP contribution >= 0.6 is 0 Å². The second-order valence-electron chi connectivity index (χ2n) is 7.11. The van der Waals surface area contributed by atoms with Crippen molar-refractivity contribution in [1.29, 1.82) is 0 Å². The number of carbonyl (C=O) groups is 2. The largest absolute Gasteiger partial charge is 0.467 e. The Hall–Kier alpha value is -2.97. The van der Waals surface area contributed by atoms with Crippen LogP contribution in [0.2, 0.25) is 0 Å². The number of imidazole rings is 1. The van der Waals surface area contributed by atoms with Gasteiger partial charge in [-0.3, -0.25) is 0 Å². The van der Waals surface area contributed by atoms with Gasteiger partial charge in [-0.25, -0.2) is 23.4 Å². The molecule has 1 aromatic carbocycles. The van der Waals surface area contributed by atoms with Gasteiger partial charge in [-0.15, -0.1) is 0 Å². The molecule has 0 saturated carbocycles. The average molecular weight is 406 g/mol. The lowest BCUT2D eigenvalue weighted by molar-refractivity contribution is -0.144. The Morgan fingerprint density at radius 3 is 2.83 bits per heavy atom. The second-order valence-corrected chi connectivity index (χ2v) is 7.11. The molecular weight excluding hydrogens is 382 g/mol. The summed E-state index contributed by atoms with van der Waals surface area (Å²) in [7, 11) is 1.26. The van der Waals surface area contributed by atoms with Gasteiger partial charge < -0.3 is 19.9 Å². The van der Waals surface area contributed by atoms with Gasteiger partial charge in [0.1, 0.15) is 23.7 Å². The molecule has 2 aromatic rings. The first-order valence-electron chi connectivity index (χ1n) is 9.49. The van der Waals surface area contributed by atoms with E-state index >= 15 is 0 Å². The van der Waals surface area contributed by atoms with Crippen LogP contribution in [0.4, 0.5) is 13.6 Å². The summed E-state index contributed by atoms with van der Waals surface area (Å²) in [6.45, 7) is 4.01. The Kier molecular flexibility index (Phi) is 6.14. The van der Waals surface area contributed by atoms with Crippen molar-refractivity contribution in [3.8, 4) is 0 Å². The minimum absolute atomic E-state index is 0.132. The molecule has 0 radical (unpaired) electrons. The van der Waals surface area contributed by atoms with Crippen LogP contribution in [0.5, 0.6) is 0 Å². The van der Waals surface area contributed by atoms with Gasteiger partial charge in [-0.1, -0.05) is 26.3 Å². The van der Waals surface area contributed by atoms with Gasteiger partial charge in [-0.2, -0.15) is 0 Å². The van der Waals surface area contributed by atoms with Crippen LogP contribution in [0.25, 0.3) is 0 Å². The van der Waals surface area contributed by atoms with Gasteiger partial charge in [0.15, 0.2) is 0 Å². The van der Waals surface area contributed by atoms with Crippen LogP contribution < -0.4 is 5.32 Å². The number of urea groups is 1. The second kappa shape index (κ2) is 8.59. The van der Waals surface area contributed by atoms with Gasteiger partial charge in [0.2, 0.25) is 0 Å². The molecule has 3 rings (SSSR count). The van der Waals surface area contributed by atoms with E-state index in [4.69, 9.17) is 4.74 Å². The first kappa shape index (κ1) is 20.8. The van der Waals surface area contributed by atoms with E-state index in [1.807, 2.05) is 13.8 Å². The molecule has 1 unspecified atom stereocenters. The van der Waals surface area contributed by atoms with Crippen LogP contribution in [0, 0.1) is 17.6 Å². The zero-order valence-electron chi connectivity index (χ0n) is 16.5. The number of hydrogen-bond acceptors (Lipinski definition) is 4. The Bertz CT molecular complexity index is 902. The molecular formula is C20H24F2N4O3. The minimum Gasteiger partial charge on any atom is -0.467 e. The molecule has 29 heavy (non-hydrogen) atoms. The van der Waals surface area contributed by atoms with Gasteiger partial charge in [0, 0.05) is 30.3 Å². The third-order valence-electron chi connectivity index (χ3n) is 5.39. The molecule has 0 saturated heterocycles. The molecule has 0 bridgehead atoms. The summed E-state index contributed by atoms with van der Waals surface area (Å²) >= 11 is 0. The van der Waals surface area contributed by atoms with Crippen LogP contribution in [-0.4, -0.2) is 46.6 Å². The zero-order valence-corrected chi connectivity index (χ0v) is 16.5. The third-order valence-corrected chi connectivity index (χ3v) is 5.39. The summed E-state index contributed by atoms with van der Waals surface area (Å²) in [6, 6.07) is 1.01. The predicted molar refractivity (Wildman–Crippen MR) is 101 cm³/mol. The lowest BCUT2D eigenvalue weighted by Gasteiger charge is -2.36. The molecule has 1 aliphatic heterocycles. The maximum atomic E-state index is 14.6. The van der Waals surface area contributed by atoms with E-state index in [1.54, 1.807) is 0 Å². The summed E-state index contributed by atoms with van der Waals surface area (Å²) in [5.74, 6) is -2.18. The normalized spacial score (nSPS) is 18.0. The number of nitrogens with one attached hydrogen (secondary N) is 2. The molecule has 3 atom stereocenters. The van der Waals surface area contributed by atoms with Crippen molar-refractivity contribution < 1.29 is 23.1 Å². The average Bonchev–Trinajstić information content (AvgIpc) is 3.19. The quantitative estimate of drug-likeness (QED) is 0.748. The molecule has 9 heteroatoms. The first-order valence-corrected chi connectivity index (χ1v) is 9.49. The van der Waals surface area contributed by atoms with Crippen molar-refractivity contribution in [2.45, 2.75) is 38.8 Å². The zero-order chi connectivity index (χ0) is 21.1. The number of nitrogens with zero attached hydrogens (tertiary/aromatic N) is 2. The molecule has 2 heterocycles. The molecule has 1 aliphatic rings. The van der Waals surface area contributed by atoms with Crippen molar-refractivity contribution in [2.24, 2.45) is 5.92 Å². The van der Waals surface area contributed by atoms with Crippen molar-refractivity contribution in [3.63, 3.8) is 0 Å². The highest BCUT2D eigenvalue weighted by molar-refractivity contribution is 5.84. The van der Waals surface area contributed by atoms with Gasteiger partial charge in [0.25, 0.3) is 0 Å². The number of carbonyl (C=O) groups excluding carboxylic acids is 2. The number of benzene rings is 1. The fraction of sp³-hybridized carbons (Fsp3) is 0.450. The van der Waals surface area contributed by atoms with E-state index in [-0.39, 0.29) is 18.0 Å². The maximum absolute atomic E-state index is 14.6. The van der Waals surface area contributed by atoms with Crippen molar-refractivity contribution in [3.05, 3.63) is 53.1 Å². The standard InChI is InChI=1S/C20H24F2N4O3/c1-4-11(2)16(19(27)29-3)25-20(28)26-8-7-15-17(24-10-23-15)18(26)13-6-5-12(21)9-14(13)22/h5-6,9-11,16,18H,4,7-8H2,1-3H3,(H,23,24)(H,25,28)/t11-,16+,18?/m1/s1. The summed E-state index contributed by atoms with van der Waals surface area (Å²) in [6.07, 6.45) is 2.63. The van der Waals surface area contributed by atoms with Crippen molar-refractivity contribution in [1.82, 2.24) is 20.2 Å². The number of H-pyrrole nitrogens is 1. The van der Waals surface area contributed by atoms with Crippen LogP contribution in [0.15, 0.2) is 24.5 Å². The van der Waals surface area contributed by atoms with Gasteiger partial charge in [0.05, 0.1) is 19.1 Å². The Morgan fingerprint density at radius 2 is 2.17 bits per heavy atom. The lowest BCUT2D eigenvalue weighted by Crippen LogP contribution is -2.53. The minimum atomic E-state index is -0.846. The van der Waals surface area contributed by atoms with E-state index < -0.39 is 35.7 Å². The topological polar surface area (TPSA) is 87.3 Å². The molecule has 0 spiro atoms. The monoisotopic (exact) mass is 406 g/mol. The van der Waals surface area contributed by atoms with E-state index in [2.05, 4.69) is 15.3 Å². The highest BCUT2D eigenvalue weighted by Crippen LogP contribution is 2.35. The smallest absolute Gasteiger partial charge is 0.328 e. The number of ether oxygens (including phenoxy) is 1. The molecule has 7 nitrogen and oxygen atoms in total. The Balaban J connectivity index is 1.96. The van der Waals surface area contributed by atoms with Crippen LogP contribution in [0.1, 0.15) is 43.3 Å². The van der Waals surface area contributed by atoms with Gasteiger partial charge in [-0.05, 0) is 12.0 Å². The first-order chi connectivity index (χ1) is 13.9. The number of halogens is 2. The number of esters is 1. The predicted octanol–water partition coefficient (Wildman–Crippen LogP) is 2.93. The summed E-state index contributed by atoms with van der Waals surface area (Å²) in [5.41, 5.74) is 1.41. The number of fused-ring (bicyclic) bond motifs is 1. The third kappa shape index (κ3) is 4.08. The number of amides is 2. The molecule has 1 aromatic heterocycles. The number of hydrogen-bond donors (Lipinski definition) is 2. The lowest BCUT2D eigenvalue weighted by atomic mass is 9.95. The van der Waals surface area contributed by atoms with E-state index in [9.17, 15) is 18.4 Å². The maximum Gasteiger partial charge on any atom is 0.328 e. The fourth-order valence-electron chi connectivity index (χ4n) is 3.55. The number of aromatic amines is 1. The van der Waals surface area contributed by atoms with Crippen molar-refractivity contribution in [2.75, 3.05) is 13.7 Å². The summed E-state index contributed by atoms with van der Waals surface area (Å²) in [5, 5.41) is 2.72. The molecule has 0 fully saturated rings. The SMILES string of the molecule is CC[C@@H](C)[C@H](NC(=O)N1CCc2[nH]cnc2C1c1ccc(F)cc1F)C(=O)OC. The number of rotatable bonds is 5. The van der Waals surface area contributed by atoms with E-state index in [0.29, 0.717) is 18.5 Å². The highest BCUT2D eigenvalue weighted by Gasteiger charge is 2.38.